The van der Waals surface area contributed by atoms with Crippen molar-refractivity contribution in [2.45, 2.75) is 0 Å². The molecular formula is C18H13NO2. The van der Waals surface area contributed by atoms with Crippen molar-refractivity contribution in [1.29, 1.82) is 0 Å². The third-order valence-electron chi connectivity index (χ3n) is 3.82. The first kappa shape index (κ1) is 11.9. The van der Waals surface area contributed by atoms with Gasteiger partial charge in [-0.1, -0.05) is 42.5 Å². The minimum absolute atomic E-state index is 0.0711. The Morgan fingerprint density at radius 3 is 2.43 bits per heavy atom. The van der Waals surface area contributed by atoms with E-state index in [-0.39, 0.29) is 11.6 Å². The molecule has 0 atom stereocenters. The van der Waals surface area contributed by atoms with Crippen molar-refractivity contribution in [2.75, 3.05) is 0 Å². The third kappa shape index (κ3) is 1.75. The molecule has 0 aliphatic carbocycles. The van der Waals surface area contributed by atoms with Crippen LogP contribution in [0.15, 0.2) is 60.7 Å². The number of phenolic OH excluding ortho intramolecular Hbond substituents is 1. The Hall–Kier alpha value is -2.94. The van der Waals surface area contributed by atoms with Crippen LogP contribution in [0.2, 0.25) is 0 Å². The van der Waals surface area contributed by atoms with E-state index >= 15 is 0 Å². The van der Waals surface area contributed by atoms with E-state index < -0.39 is 0 Å². The van der Waals surface area contributed by atoms with Crippen LogP contribution in [0.1, 0.15) is 0 Å². The van der Waals surface area contributed by atoms with E-state index in [1.807, 2.05) is 48.5 Å². The number of nitrogens with one attached hydrogen (secondary N) is 1. The molecule has 0 radical (unpaired) electrons. The van der Waals surface area contributed by atoms with Gasteiger partial charge < -0.3 is 15.2 Å². The highest BCUT2D eigenvalue weighted by atomic mass is 16.3. The number of aromatic hydroxyl groups is 2. The molecule has 0 aliphatic rings. The van der Waals surface area contributed by atoms with Gasteiger partial charge in [0, 0.05) is 0 Å². The summed E-state index contributed by atoms with van der Waals surface area (Å²) in [5.74, 6) is 0.231. The lowest BCUT2D eigenvalue weighted by Crippen LogP contribution is -1.79. The summed E-state index contributed by atoms with van der Waals surface area (Å²) in [7, 11) is 0. The minimum Gasteiger partial charge on any atom is -0.507 e. The maximum absolute atomic E-state index is 10.2. The second-order valence-corrected chi connectivity index (χ2v) is 5.11. The quantitative estimate of drug-likeness (QED) is 0.482. The molecule has 4 aromatic rings. The van der Waals surface area contributed by atoms with E-state index in [2.05, 4.69) is 4.98 Å². The van der Waals surface area contributed by atoms with Crippen LogP contribution in [0, 0.1) is 0 Å². The molecule has 1 heterocycles. The number of aromatic nitrogens is 1. The van der Waals surface area contributed by atoms with Crippen LogP contribution >= 0.6 is 0 Å². The van der Waals surface area contributed by atoms with E-state index in [4.69, 9.17) is 0 Å². The summed E-state index contributed by atoms with van der Waals surface area (Å²) in [6, 6.07) is 19.3. The van der Waals surface area contributed by atoms with Gasteiger partial charge in [-0.25, -0.2) is 0 Å². The zero-order valence-electron chi connectivity index (χ0n) is 11.2. The third-order valence-corrected chi connectivity index (χ3v) is 3.82. The van der Waals surface area contributed by atoms with Crippen molar-refractivity contribution in [2.24, 2.45) is 0 Å². The van der Waals surface area contributed by atoms with Gasteiger partial charge in [-0.2, -0.15) is 0 Å². The molecule has 0 saturated carbocycles. The van der Waals surface area contributed by atoms with Gasteiger partial charge in [0.2, 0.25) is 0 Å². The van der Waals surface area contributed by atoms with Gasteiger partial charge in [0.1, 0.15) is 5.75 Å². The SMILES string of the molecule is Oc1[nH]c2cccc(O)c2c1-c1ccc2ccccc2c1. The van der Waals surface area contributed by atoms with Gasteiger partial charge in [0.05, 0.1) is 16.5 Å². The van der Waals surface area contributed by atoms with Crippen LogP contribution in [-0.2, 0) is 0 Å². The fraction of sp³-hybridized carbons (Fsp3) is 0. The normalized spacial score (nSPS) is 11.2. The summed E-state index contributed by atoms with van der Waals surface area (Å²) in [4.78, 5) is 2.91. The molecule has 3 nitrogen and oxygen atoms in total. The van der Waals surface area contributed by atoms with Gasteiger partial charge >= 0.3 is 0 Å². The summed E-state index contributed by atoms with van der Waals surface area (Å²) in [6.07, 6.45) is 0. The lowest BCUT2D eigenvalue weighted by Gasteiger charge is -2.05. The van der Waals surface area contributed by atoms with E-state index in [1.165, 1.54) is 0 Å². The second-order valence-electron chi connectivity index (χ2n) is 5.11. The Labute approximate surface area is 121 Å². The predicted octanol–water partition coefficient (Wildman–Crippen LogP) is 4.40. The average molecular weight is 275 g/mol. The highest BCUT2D eigenvalue weighted by molar-refractivity contribution is 6.04. The number of benzene rings is 3. The molecule has 1 aromatic heterocycles. The van der Waals surface area contributed by atoms with Crippen molar-refractivity contribution in [3.05, 3.63) is 60.7 Å². The molecule has 0 saturated heterocycles. The molecule has 0 bridgehead atoms. The van der Waals surface area contributed by atoms with Gasteiger partial charge in [0.15, 0.2) is 5.88 Å². The first-order chi connectivity index (χ1) is 10.2. The van der Waals surface area contributed by atoms with Crippen molar-refractivity contribution >= 4 is 21.7 Å². The molecule has 3 N–H and O–H groups in total. The van der Waals surface area contributed by atoms with Crippen LogP contribution in [0.25, 0.3) is 32.8 Å². The largest absolute Gasteiger partial charge is 0.507 e. The minimum atomic E-state index is 0.0711. The van der Waals surface area contributed by atoms with Gasteiger partial charge in [0.25, 0.3) is 0 Å². The lowest BCUT2D eigenvalue weighted by atomic mass is 10.00. The van der Waals surface area contributed by atoms with Crippen LogP contribution in [0.3, 0.4) is 0 Å². The van der Waals surface area contributed by atoms with Crippen LogP contribution in [-0.4, -0.2) is 15.2 Å². The molecule has 0 unspecified atom stereocenters. The van der Waals surface area contributed by atoms with Crippen molar-refractivity contribution in [3.8, 4) is 22.8 Å². The first-order valence-electron chi connectivity index (χ1n) is 6.76. The summed E-state index contributed by atoms with van der Waals surface area (Å²) in [5, 5.41) is 23.2. The summed E-state index contributed by atoms with van der Waals surface area (Å²) in [5.41, 5.74) is 2.23. The predicted molar refractivity (Wildman–Crippen MR) is 84.6 cm³/mol. The molecule has 0 amide bonds. The number of phenols is 1. The summed E-state index contributed by atoms with van der Waals surface area (Å²) < 4.78 is 0. The number of rotatable bonds is 1. The molecular weight excluding hydrogens is 262 g/mol. The van der Waals surface area contributed by atoms with Crippen molar-refractivity contribution in [1.82, 2.24) is 4.98 Å². The molecule has 0 fully saturated rings. The fourth-order valence-electron chi connectivity index (χ4n) is 2.84. The maximum atomic E-state index is 10.2. The van der Waals surface area contributed by atoms with Crippen molar-refractivity contribution in [3.63, 3.8) is 0 Å². The Bertz CT molecular complexity index is 969. The van der Waals surface area contributed by atoms with E-state index in [0.29, 0.717) is 10.9 Å². The monoisotopic (exact) mass is 275 g/mol. The Kier molecular flexibility index (Phi) is 2.42. The Balaban J connectivity index is 2.06. The maximum Gasteiger partial charge on any atom is 0.197 e. The lowest BCUT2D eigenvalue weighted by molar-refractivity contribution is 0.460. The Morgan fingerprint density at radius 1 is 0.762 bits per heavy atom. The number of fused-ring (bicyclic) bond motifs is 2. The Morgan fingerprint density at radius 2 is 1.57 bits per heavy atom. The molecule has 102 valence electrons. The topological polar surface area (TPSA) is 56.2 Å². The van der Waals surface area contributed by atoms with Gasteiger partial charge in [-0.05, 0) is 34.5 Å². The van der Waals surface area contributed by atoms with E-state index in [0.717, 1.165) is 21.9 Å². The van der Waals surface area contributed by atoms with Crippen LogP contribution < -0.4 is 0 Å². The highest BCUT2D eigenvalue weighted by Crippen LogP contribution is 2.41. The first-order valence-corrected chi connectivity index (χ1v) is 6.76. The van der Waals surface area contributed by atoms with Gasteiger partial charge in [-0.15, -0.1) is 0 Å². The molecule has 3 aromatic carbocycles. The number of hydrogen-bond acceptors (Lipinski definition) is 2. The molecule has 0 spiro atoms. The van der Waals surface area contributed by atoms with E-state index in [1.54, 1.807) is 12.1 Å². The summed E-state index contributed by atoms with van der Waals surface area (Å²) in [6.45, 7) is 0. The molecule has 21 heavy (non-hydrogen) atoms. The van der Waals surface area contributed by atoms with Crippen LogP contribution in [0.5, 0.6) is 11.6 Å². The molecule has 4 rings (SSSR count). The zero-order valence-corrected chi connectivity index (χ0v) is 11.2. The smallest absolute Gasteiger partial charge is 0.197 e. The second kappa shape index (κ2) is 4.28. The number of aromatic amines is 1. The molecule has 3 heteroatoms. The van der Waals surface area contributed by atoms with E-state index in [9.17, 15) is 10.2 Å². The van der Waals surface area contributed by atoms with Crippen LogP contribution in [0.4, 0.5) is 0 Å². The van der Waals surface area contributed by atoms with Crippen molar-refractivity contribution < 1.29 is 10.2 Å². The average Bonchev–Trinajstić information content (AvgIpc) is 2.84. The van der Waals surface area contributed by atoms with Gasteiger partial charge in [-0.3, -0.25) is 0 Å². The number of hydrogen-bond donors (Lipinski definition) is 3. The standard InChI is InChI=1S/C18H13NO2/c20-15-7-3-6-14-17(15)16(18(21)19-14)13-9-8-11-4-1-2-5-12(11)10-13/h1-10,19-21H. The molecule has 0 aliphatic heterocycles. The fourth-order valence-corrected chi connectivity index (χ4v) is 2.84. The zero-order chi connectivity index (χ0) is 14.4. The highest BCUT2D eigenvalue weighted by Gasteiger charge is 2.16. The summed E-state index contributed by atoms with van der Waals surface area (Å²) >= 11 is 0. The number of H-pyrrole nitrogens is 1.